The molecule has 1 aromatic carbocycles. The van der Waals surface area contributed by atoms with Crippen molar-refractivity contribution in [2.45, 2.75) is 13.8 Å². The molecule has 0 saturated carbocycles. The van der Waals surface area contributed by atoms with E-state index < -0.39 is 0 Å². The number of halogens is 1. The lowest BCUT2D eigenvalue weighted by atomic mass is 10.1. The number of aromatic nitrogens is 3. The minimum Gasteiger partial charge on any atom is -0.496 e. The first-order valence-electron chi connectivity index (χ1n) is 6.26. The Morgan fingerprint density at radius 1 is 1.20 bits per heavy atom. The first-order valence-corrected chi connectivity index (χ1v) is 7.05. The number of nitrogens with one attached hydrogen (secondary N) is 1. The van der Waals surface area contributed by atoms with E-state index in [2.05, 4.69) is 30.9 Å². The van der Waals surface area contributed by atoms with Crippen molar-refractivity contribution < 1.29 is 4.74 Å². The van der Waals surface area contributed by atoms with E-state index in [0.717, 1.165) is 38.1 Å². The third-order valence-electron chi connectivity index (χ3n) is 3.26. The van der Waals surface area contributed by atoms with Crippen LogP contribution in [-0.2, 0) is 0 Å². The maximum atomic E-state index is 5.41. The van der Waals surface area contributed by atoms with Gasteiger partial charge in [-0.05, 0) is 41.9 Å². The van der Waals surface area contributed by atoms with Crippen LogP contribution in [0.15, 0.2) is 28.9 Å². The molecule has 4 nitrogen and oxygen atoms in total. The maximum absolute atomic E-state index is 5.41. The molecule has 20 heavy (non-hydrogen) atoms. The van der Waals surface area contributed by atoms with Crippen LogP contribution in [0, 0.1) is 13.8 Å². The second-order valence-electron chi connectivity index (χ2n) is 4.70. The number of rotatable bonds is 2. The maximum Gasteiger partial charge on any atom is 0.165 e. The van der Waals surface area contributed by atoms with Crippen molar-refractivity contribution in [1.82, 2.24) is 15.0 Å². The number of H-pyrrole nitrogens is 1. The van der Waals surface area contributed by atoms with Gasteiger partial charge >= 0.3 is 0 Å². The lowest BCUT2D eigenvalue weighted by Gasteiger charge is -2.09. The standard InChI is InChI=1S/C15H14BrN3O/c1-8-4-5-12(20-3)10(6-8)14-18-9(2)13-11(16)7-17-15(13)19-14/h4-7H,1-3H3,(H,17,18,19). The molecule has 0 bridgehead atoms. The van der Waals surface area contributed by atoms with E-state index >= 15 is 0 Å². The van der Waals surface area contributed by atoms with Gasteiger partial charge in [0.25, 0.3) is 0 Å². The van der Waals surface area contributed by atoms with Crippen LogP contribution in [0.1, 0.15) is 11.3 Å². The number of benzene rings is 1. The van der Waals surface area contributed by atoms with Gasteiger partial charge in [0.2, 0.25) is 0 Å². The molecule has 2 aromatic heterocycles. The molecule has 0 fully saturated rings. The fourth-order valence-corrected chi connectivity index (χ4v) is 2.87. The number of aryl methyl sites for hydroxylation is 2. The van der Waals surface area contributed by atoms with Gasteiger partial charge in [0.1, 0.15) is 11.4 Å². The average Bonchev–Trinajstić information content (AvgIpc) is 2.80. The van der Waals surface area contributed by atoms with Crippen molar-refractivity contribution in [2.75, 3.05) is 7.11 Å². The normalized spacial score (nSPS) is 11.0. The zero-order valence-electron chi connectivity index (χ0n) is 11.5. The molecule has 3 rings (SSSR count). The summed E-state index contributed by atoms with van der Waals surface area (Å²) in [7, 11) is 1.66. The Hall–Kier alpha value is -1.88. The third-order valence-corrected chi connectivity index (χ3v) is 3.89. The minimum atomic E-state index is 0.671. The predicted molar refractivity (Wildman–Crippen MR) is 83.1 cm³/mol. The topological polar surface area (TPSA) is 50.8 Å². The van der Waals surface area contributed by atoms with Gasteiger partial charge in [-0.3, -0.25) is 0 Å². The SMILES string of the molecule is COc1ccc(C)cc1-c1nc(C)c2c(Br)c[nH]c2n1. The summed E-state index contributed by atoms with van der Waals surface area (Å²) in [5.74, 6) is 1.45. The van der Waals surface area contributed by atoms with Gasteiger partial charge < -0.3 is 9.72 Å². The number of methoxy groups -OCH3 is 1. The van der Waals surface area contributed by atoms with Crippen LogP contribution in [0.25, 0.3) is 22.4 Å². The van der Waals surface area contributed by atoms with Crippen LogP contribution < -0.4 is 4.74 Å². The molecule has 0 atom stereocenters. The second-order valence-corrected chi connectivity index (χ2v) is 5.55. The van der Waals surface area contributed by atoms with Gasteiger partial charge in [0.15, 0.2) is 5.82 Å². The molecule has 0 radical (unpaired) electrons. The Morgan fingerprint density at radius 3 is 2.75 bits per heavy atom. The summed E-state index contributed by atoms with van der Waals surface area (Å²) >= 11 is 3.50. The summed E-state index contributed by atoms with van der Waals surface area (Å²) < 4.78 is 6.39. The summed E-state index contributed by atoms with van der Waals surface area (Å²) in [5.41, 5.74) is 3.81. The van der Waals surface area contributed by atoms with Gasteiger partial charge in [0.05, 0.1) is 23.8 Å². The number of hydrogen-bond acceptors (Lipinski definition) is 3. The molecular weight excluding hydrogens is 318 g/mol. The Morgan fingerprint density at radius 2 is 2.00 bits per heavy atom. The Bertz CT molecular complexity index is 795. The molecule has 0 saturated heterocycles. The van der Waals surface area contributed by atoms with E-state index in [1.165, 1.54) is 0 Å². The third kappa shape index (κ3) is 2.08. The quantitative estimate of drug-likeness (QED) is 0.771. The van der Waals surface area contributed by atoms with Gasteiger partial charge in [0, 0.05) is 10.7 Å². The highest BCUT2D eigenvalue weighted by Gasteiger charge is 2.14. The van der Waals surface area contributed by atoms with Crippen molar-refractivity contribution >= 4 is 27.0 Å². The highest BCUT2D eigenvalue weighted by molar-refractivity contribution is 9.10. The highest BCUT2D eigenvalue weighted by atomic mass is 79.9. The van der Waals surface area contributed by atoms with Crippen LogP contribution in [0.2, 0.25) is 0 Å². The molecule has 3 aromatic rings. The van der Waals surface area contributed by atoms with Crippen LogP contribution in [0.3, 0.4) is 0 Å². The molecule has 0 spiro atoms. The van der Waals surface area contributed by atoms with Crippen molar-refractivity contribution in [1.29, 1.82) is 0 Å². The number of hydrogen-bond donors (Lipinski definition) is 1. The summed E-state index contributed by atoms with van der Waals surface area (Å²) in [6.45, 7) is 4.02. The van der Waals surface area contributed by atoms with Crippen LogP contribution in [0.5, 0.6) is 5.75 Å². The van der Waals surface area contributed by atoms with Crippen molar-refractivity contribution in [3.05, 3.63) is 40.1 Å². The molecule has 5 heteroatoms. The summed E-state index contributed by atoms with van der Waals surface area (Å²) in [4.78, 5) is 12.4. The largest absolute Gasteiger partial charge is 0.496 e. The molecule has 102 valence electrons. The molecule has 0 unspecified atom stereocenters. The van der Waals surface area contributed by atoms with Crippen LogP contribution >= 0.6 is 15.9 Å². The lowest BCUT2D eigenvalue weighted by molar-refractivity contribution is 0.416. The van der Waals surface area contributed by atoms with Gasteiger partial charge in [-0.2, -0.15) is 0 Å². The van der Waals surface area contributed by atoms with Crippen molar-refractivity contribution in [3.8, 4) is 17.1 Å². The molecule has 0 aliphatic carbocycles. The summed E-state index contributed by atoms with van der Waals surface area (Å²) in [5, 5.41) is 1.01. The smallest absolute Gasteiger partial charge is 0.165 e. The van der Waals surface area contributed by atoms with E-state index in [0.29, 0.717) is 5.82 Å². The lowest BCUT2D eigenvalue weighted by Crippen LogP contribution is -1.96. The minimum absolute atomic E-state index is 0.671. The summed E-state index contributed by atoms with van der Waals surface area (Å²) in [6.07, 6.45) is 1.88. The number of aromatic amines is 1. The molecular formula is C15H14BrN3O. The number of nitrogens with zero attached hydrogens (tertiary/aromatic N) is 2. The van der Waals surface area contributed by atoms with E-state index in [1.807, 2.05) is 38.2 Å². The fourth-order valence-electron chi connectivity index (χ4n) is 2.28. The first-order chi connectivity index (χ1) is 9.60. The Balaban J connectivity index is 2.27. The van der Waals surface area contributed by atoms with Crippen molar-refractivity contribution in [2.24, 2.45) is 0 Å². The van der Waals surface area contributed by atoms with E-state index in [9.17, 15) is 0 Å². The first kappa shape index (κ1) is 13.1. The molecule has 0 aliphatic rings. The monoisotopic (exact) mass is 331 g/mol. The molecule has 1 N–H and O–H groups in total. The Kier molecular flexibility index (Phi) is 3.22. The highest BCUT2D eigenvalue weighted by Crippen LogP contribution is 2.31. The summed E-state index contributed by atoms with van der Waals surface area (Å²) in [6, 6.07) is 5.99. The van der Waals surface area contributed by atoms with E-state index in [-0.39, 0.29) is 0 Å². The average molecular weight is 332 g/mol. The Labute approximate surface area is 125 Å². The van der Waals surface area contributed by atoms with Crippen LogP contribution in [-0.4, -0.2) is 22.1 Å². The zero-order valence-corrected chi connectivity index (χ0v) is 13.1. The molecule has 0 amide bonds. The second kappa shape index (κ2) is 4.90. The zero-order chi connectivity index (χ0) is 14.3. The van der Waals surface area contributed by atoms with Gasteiger partial charge in [-0.1, -0.05) is 11.6 Å². The number of ether oxygens (including phenoxy) is 1. The van der Waals surface area contributed by atoms with Crippen LogP contribution in [0.4, 0.5) is 0 Å². The number of fused-ring (bicyclic) bond motifs is 1. The molecule has 0 aliphatic heterocycles. The van der Waals surface area contributed by atoms with Gasteiger partial charge in [-0.15, -0.1) is 0 Å². The fraction of sp³-hybridized carbons (Fsp3) is 0.200. The van der Waals surface area contributed by atoms with E-state index in [1.54, 1.807) is 7.11 Å². The van der Waals surface area contributed by atoms with Gasteiger partial charge in [-0.25, -0.2) is 9.97 Å². The predicted octanol–water partition coefficient (Wildman–Crippen LogP) is 4.01. The van der Waals surface area contributed by atoms with Crippen molar-refractivity contribution in [3.63, 3.8) is 0 Å². The van der Waals surface area contributed by atoms with E-state index in [4.69, 9.17) is 4.74 Å². The molecule has 2 heterocycles.